The highest BCUT2D eigenvalue weighted by atomic mass is 16.1. The molecule has 20 heavy (non-hydrogen) atoms. The molecule has 0 fully saturated rings. The van der Waals surface area contributed by atoms with Crippen LogP contribution >= 0.6 is 0 Å². The van der Waals surface area contributed by atoms with Crippen molar-refractivity contribution in [2.45, 2.75) is 26.9 Å². The van der Waals surface area contributed by atoms with Crippen LogP contribution in [-0.2, 0) is 4.79 Å². The first-order valence-electron chi connectivity index (χ1n) is 6.50. The molecule has 0 saturated carbocycles. The van der Waals surface area contributed by atoms with Crippen LogP contribution in [-0.4, -0.2) is 23.6 Å². The number of anilines is 1. The number of amides is 1. The van der Waals surface area contributed by atoms with Gasteiger partial charge in [0.25, 0.3) is 0 Å². The van der Waals surface area contributed by atoms with Crippen molar-refractivity contribution in [2.75, 3.05) is 5.32 Å². The fourth-order valence-corrected chi connectivity index (χ4v) is 1.88. The van der Waals surface area contributed by atoms with Crippen LogP contribution in [0.1, 0.15) is 26.3 Å². The molecule has 6 heteroatoms. The minimum atomic E-state index is -0.127. The summed E-state index contributed by atoms with van der Waals surface area (Å²) in [4.78, 5) is 15.5. The molecule has 1 aliphatic rings. The number of hydrogen-bond acceptors (Lipinski definition) is 5. The van der Waals surface area contributed by atoms with Crippen molar-refractivity contribution in [1.29, 1.82) is 5.41 Å². The maximum absolute atomic E-state index is 11.0. The van der Waals surface area contributed by atoms with Gasteiger partial charge in [-0.1, -0.05) is 6.92 Å². The summed E-state index contributed by atoms with van der Waals surface area (Å²) in [7, 11) is 0. The molecule has 2 rings (SSSR count). The standard InChI is InChI=1S/C14H19N5O/c1-8(9(2)15)13-17-14(19-18-13)11-4-6-12(7-5-11)16-10(3)20/h4-8,13,15,18H,1-3H3,(H,16,20)(H,17,19). The number of carbonyl (C=O) groups is 1. The molecule has 0 radical (unpaired) electrons. The Balaban J connectivity index is 2.10. The Bertz CT molecular complexity index is 549. The van der Waals surface area contributed by atoms with Gasteiger partial charge in [-0.2, -0.15) is 0 Å². The molecule has 2 unspecified atom stereocenters. The van der Waals surface area contributed by atoms with Gasteiger partial charge >= 0.3 is 0 Å². The number of benzene rings is 1. The third kappa shape index (κ3) is 3.21. The summed E-state index contributed by atoms with van der Waals surface area (Å²) in [5.74, 6) is 0.697. The van der Waals surface area contributed by atoms with E-state index in [-0.39, 0.29) is 18.0 Å². The van der Waals surface area contributed by atoms with E-state index < -0.39 is 0 Å². The van der Waals surface area contributed by atoms with Crippen molar-refractivity contribution < 1.29 is 4.79 Å². The van der Waals surface area contributed by atoms with E-state index in [2.05, 4.69) is 21.2 Å². The van der Waals surface area contributed by atoms with Crippen LogP contribution in [0.3, 0.4) is 0 Å². The first kappa shape index (κ1) is 14.2. The number of hydrazine groups is 1. The Labute approximate surface area is 118 Å². The topological polar surface area (TPSA) is 89.4 Å². The maximum Gasteiger partial charge on any atom is 0.221 e. The monoisotopic (exact) mass is 273 g/mol. The first-order chi connectivity index (χ1) is 9.47. The van der Waals surface area contributed by atoms with Gasteiger partial charge < -0.3 is 16.2 Å². The zero-order chi connectivity index (χ0) is 14.7. The van der Waals surface area contributed by atoms with Gasteiger partial charge in [0.1, 0.15) is 12.0 Å². The van der Waals surface area contributed by atoms with Crippen molar-refractivity contribution >= 4 is 23.1 Å². The van der Waals surface area contributed by atoms with E-state index in [1.54, 1.807) is 6.92 Å². The Morgan fingerprint density at radius 1 is 1.35 bits per heavy atom. The molecule has 0 bridgehead atoms. The SMILES string of the molecule is CC(=N)C(C)C1N=C(c2ccc(NC(C)=O)cc2)NN1. The minimum absolute atomic E-state index is 0.0404. The summed E-state index contributed by atoms with van der Waals surface area (Å²) in [6.07, 6.45) is -0.127. The lowest BCUT2D eigenvalue weighted by atomic mass is 10.0. The zero-order valence-electron chi connectivity index (χ0n) is 11.8. The third-order valence-corrected chi connectivity index (χ3v) is 3.24. The molecule has 1 aromatic carbocycles. The summed E-state index contributed by atoms with van der Waals surface area (Å²) in [5.41, 5.74) is 8.39. The second-order valence-corrected chi connectivity index (χ2v) is 4.92. The normalized spacial score (nSPS) is 18.9. The van der Waals surface area contributed by atoms with E-state index in [1.807, 2.05) is 31.2 Å². The molecule has 4 N–H and O–H groups in total. The second-order valence-electron chi connectivity index (χ2n) is 4.92. The van der Waals surface area contributed by atoms with E-state index in [0.29, 0.717) is 5.71 Å². The molecule has 0 saturated heterocycles. The largest absolute Gasteiger partial charge is 0.326 e. The molecular weight excluding hydrogens is 254 g/mol. The van der Waals surface area contributed by atoms with Crippen molar-refractivity contribution in [3.63, 3.8) is 0 Å². The van der Waals surface area contributed by atoms with E-state index in [4.69, 9.17) is 5.41 Å². The molecular formula is C14H19N5O. The van der Waals surface area contributed by atoms with Crippen LogP contribution in [0.25, 0.3) is 0 Å². The van der Waals surface area contributed by atoms with Gasteiger partial charge in [0.05, 0.1) is 0 Å². The van der Waals surface area contributed by atoms with E-state index in [0.717, 1.165) is 17.1 Å². The number of hydrogen-bond donors (Lipinski definition) is 4. The van der Waals surface area contributed by atoms with Crippen molar-refractivity contribution in [3.8, 4) is 0 Å². The van der Waals surface area contributed by atoms with Gasteiger partial charge in [-0.3, -0.25) is 4.79 Å². The smallest absolute Gasteiger partial charge is 0.221 e. The Hall–Kier alpha value is -2.21. The van der Waals surface area contributed by atoms with Crippen molar-refractivity contribution in [1.82, 2.24) is 10.9 Å². The van der Waals surface area contributed by atoms with E-state index in [1.165, 1.54) is 6.92 Å². The summed E-state index contributed by atoms with van der Waals surface area (Å²) in [5, 5.41) is 10.4. The number of aliphatic imine (C=N–C) groups is 1. The second kappa shape index (κ2) is 5.83. The molecule has 1 aromatic rings. The lowest BCUT2D eigenvalue weighted by Gasteiger charge is -2.14. The molecule has 0 aliphatic carbocycles. The predicted molar refractivity (Wildman–Crippen MR) is 79.9 cm³/mol. The average Bonchev–Trinajstić information content (AvgIpc) is 2.87. The molecule has 2 atom stereocenters. The van der Waals surface area contributed by atoms with Crippen LogP contribution in [0.4, 0.5) is 5.69 Å². The number of carbonyl (C=O) groups excluding carboxylic acids is 1. The molecule has 0 aromatic heterocycles. The first-order valence-corrected chi connectivity index (χ1v) is 6.50. The number of nitrogens with one attached hydrogen (secondary N) is 4. The Morgan fingerprint density at radius 2 is 2.00 bits per heavy atom. The number of rotatable bonds is 4. The van der Waals surface area contributed by atoms with Crippen LogP contribution in [0.15, 0.2) is 29.3 Å². The van der Waals surface area contributed by atoms with Crippen LogP contribution in [0.5, 0.6) is 0 Å². The zero-order valence-corrected chi connectivity index (χ0v) is 11.8. The fourth-order valence-electron chi connectivity index (χ4n) is 1.88. The van der Waals surface area contributed by atoms with E-state index >= 15 is 0 Å². The molecule has 106 valence electrons. The number of nitrogens with zero attached hydrogens (tertiary/aromatic N) is 1. The molecule has 1 heterocycles. The summed E-state index contributed by atoms with van der Waals surface area (Å²) in [6, 6.07) is 7.45. The van der Waals surface area contributed by atoms with Crippen LogP contribution in [0, 0.1) is 11.3 Å². The molecule has 0 spiro atoms. The lowest BCUT2D eigenvalue weighted by Crippen LogP contribution is -2.40. The predicted octanol–water partition coefficient (Wildman–Crippen LogP) is 1.50. The van der Waals surface area contributed by atoms with Crippen molar-refractivity contribution in [2.24, 2.45) is 10.9 Å². The summed E-state index contributed by atoms with van der Waals surface area (Å²) in [6.45, 7) is 5.22. The molecule has 1 amide bonds. The summed E-state index contributed by atoms with van der Waals surface area (Å²) < 4.78 is 0. The third-order valence-electron chi connectivity index (χ3n) is 3.24. The van der Waals surface area contributed by atoms with Gasteiger partial charge in [-0.25, -0.2) is 10.4 Å². The quantitative estimate of drug-likeness (QED) is 0.627. The highest BCUT2D eigenvalue weighted by Gasteiger charge is 2.24. The van der Waals surface area contributed by atoms with Gasteiger partial charge in [0, 0.05) is 29.8 Å². The highest BCUT2D eigenvalue weighted by molar-refractivity contribution is 6.00. The average molecular weight is 273 g/mol. The molecule has 1 aliphatic heterocycles. The highest BCUT2D eigenvalue weighted by Crippen LogP contribution is 2.14. The van der Waals surface area contributed by atoms with E-state index in [9.17, 15) is 4.79 Å². The lowest BCUT2D eigenvalue weighted by molar-refractivity contribution is -0.114. The summed E-state index contributed by atoms with van der Waals surface area (Å²) >= 11 is 0. The minimum Gasteiger partial charge on any atom is -0.326 e. The Morgan fingerprint density at radius 3 is 2.55 bits per heavy atom. The van der Waals surface area contributed by atoms with Gasteiger partial charge in [-0.15, -0.1) is 0 Å². The maximum atomic E-state index is 11.0. The Kier molecular flexibility index (Phi) is 4.14. The van der Waals surface area contributed by atoms with Gasteiger partial charge in [0.15, 0.2) is 0 Å². The molecule has 6 nitrogen and oxygen atoms in total. The van der Waals surface area contributed by atoms with Crippen molar-refractivity contribution in [3.05, 3.63) is 29.8 Å². The van der Waals surface area contributed by atoms with Crippen LogP contribution < -0.4 is 16.2 Å². The fraction of sp³-hybridized carbons (Fsp3) is 0.357. The van der Waals surface area contributed by atoms with Gasteiger partial charge in [0.2, 0.25) is 5.91 Å². The van der Waals surface area contributed by atoms with Crippen LogP contribution in [0.2, 0.25) is 0 Å². The van der Waals surface area contributed by atoms with Gasteiger partial charge in [-0.05, 0) is 31.2 Å². The number of amidine groups is 1.